The summed E-state index contributed by atoms with van der Waals surface area (Å²) in [5.41, 5.74) is 3.35. The number of rotatable bonds is 4. The first-order valence-electron chi connectivity index (χ1n) is 10.9. The summed E-state index contributed by atoms with van der Waals surface area (Å²) in [5.74, 6) is 1.24. The fourth-order valence-corrected chi connectivity index (χ4v) is 5.69. The van der Waals surface area contributed by atoms with Crippen LogP contribution in [0.4, 0.5) is 0 Å². The molecule has 2 fully saturated rings. The highest BCUT2D eigenvalue weighted by molar-refractivity contribution is 6.10. The van der Waals surface area contributed by atoms with Crippen molar-refractivity contribution in [3.8, 4) is 23.3 Å². The van der Waals surface area contributed by atoms with Gasteiger partial charge in [-0.25, -0.2) is 0 Å². The van der Waals surface area contributed by atoms with Crippen LogP contribution in [0.1, 0.15) is 38.4 Å². The van der Waals surface area contributed by atoms with E-state index in [-0.39, 0.29) is 23.0 Å². The average molecular weight is 455 g/mol. The van der Waals surface area contributed by atoms with E-state index >= 15 is 0 Å². The maximum atomic E-state index is 13.7. The Balaban J connectivity index is 1.43. The van der Waals surface area contributed by atoms with Gasteiger partial charge in [0, 0.05) is 34.7 Å². The lowest BCUT2D eigenvalue weighted by Gasteiger charge is -2.29. The molecule has 3 aromatic rings. The zero-order valence-corrected chi connectivity index (χ0v) is 18.9. The number of ether oxygens (including phenoxy) is 3. The van der Waals surface area contributed by atoms with Crippen LogP contribution in [-0.4, -0.2) is 49.4 Å². The van der Waals surface area contributed by atoms with Crippen LogP contribution < -0.4 is 14.2 Å². The minimum atomic E-state index is -0.373. The first kappa shape index (κ1) is 20.4. The molecule has 8 nitrogen and oxygen atoms in total. The number of nitrogens with zero attached hydrogens (tertiary/aromatic N) is 2. The number of piperidine rings is 1. The van der Waals surface area contributed by atoms with E-state index in [9.17, 15) is 14.9 Å². The number of aromatic nitrogens is 1. The van der Waals surface area contributed by atoms with E-state index in [4.69, 9.17) is 14.2 Å². The molecule has 1 N–H and O–H groups in total. The van der Waals surface area contributed by atoms with Crippen molar-refractivity contribution in [1.82, 2.24) is 9.88 Å². The average Bonchev–Trinajstić information content (AvgIpc) is 3.25. The van der Waals surface area contributed by atoms with Crippen molar-refractivity contribution >= 4 is 22.6 Å². The van der Waals surface area contributed by atoms with E-state index < -0.39 is 0 Å². The van der Waals surface area contributed by atoms with Crippen LogP contribution in [-0.2, 0) is 5.41 Å². The molecular weight excluding hydrogens is 434 g/mol. The van der Waals surface area contributed by atoms with Crippen LogP contribution in [0.15, 0.2) is 42.1 Å². The molecule has 1 saturated carbocycles. The number of carbonyl (C=O) groups excluding carboxylic acids is 2. The first-order chi connectivity index (χ1) is 16.5. The molecule has 2 aromatic carbocycles. The van der Waals surface area contributed by atoms with Crippen LogP contribution in [0.25, 0.3) is 10.9 Å². The van der Waals surface area contributed by atoms with Crippen molar-refractivity contribution in [3.63, 3.8) is 0 Å². The maximum absolute atomic E-state index is 13.7. The fraction of sp³-hybridized carbons (Fsp3) is 0.269. The molecule has 1 aromatic heterocycles. The minimum Gasteiger partial charge on any atom is -0.493 e. The monoisotopic (exact) mass is 455 g/mol. The maximum Gasteiger partial charge on any atom is 0.274 e. The number of hydrogen-bond donors (Lipinski definition) is 1. The van der Waals surface area contributed by atoms with E-state index in [1.165, 1.54) is 14.2 Å². The highest BCUT2D eigenvalue weighted by Crippen LogP contribution is 2.66. The predicted molar refractivity (Wildman–Crippen MR) is 122 cm³/mol. The summed E-state index contributed by atoms with van der Waals surface area (Å²) in [6.45, 7) is 0.521. The Morgan fingerprint density at radius 2 is 1.94 bits per heavy atom. The number of aromatic amines is 1. The van der Waals surface area contributed by atoms with Gasteiger partial charge in [0.25, 0.3) is 5.91 Å². The number of H-pyrrole nitrogens is 1. The summed E-state index contributed by atoms with van der Waals surface area (Å²) in [7, 11) is 4.60. The Morgan fingerprint density at radius 3 is 2.65 bits per heavy atom. The lowest BCUT2D eigenvalue weighted by molar-refractivity contribution is 0.0806. The topological polar surface area (TPSA) is 105 Å². The van der Waals surface area contributed by atoms with E-state index in [0.29, 0.717) is 46.1 Å². The molecule has 2 heterocycles. The van der Waals surface area contributed by atoms with Gasteiger partial charge in [-0.05, 0) is 48.2 Å². The molecule has 1 saturated heterocycles. The number of benzene rings is 2. The van der Waals surface area contributed by atoms with Crippen LogP contribution in [0, 0.1) is 17.2 Å². The van der Waals surface area contributed by atoms with Gasteiger partial charge in [-0.3, -0.25) is 9.59 Å². The van der Waals surface area contributed by atoms with Crippen LogP contribution in [0.3, 0.4) is 0 Å². The third-order valence-electron chi connectivity index (χ3n) is 7.31. The normalized spacial score (nSPS) is 21.8. The molecule has 2 atom stereocenters. The number of likely N-dealkylation sites (tertiary alicyclic amines) is 1. The molecule has 2 aliphatic carbocycles. The van der Waals surface area contributed by atoms with E-state index in [1.807, 2.05) is 0 Å². The molecule has 3 aliphatic rings. The molecular formula is C26H21N3O5. The standard InChI is InChI=1S/C26H21N3O5/c1-32-20-8-14-7-18(28-22(14)24(34-3)23(20)33-2)25(31)29-12-15-10-26(15)17-6-13(11-27)4-5-16(17)19(30)9-21(26)29/h4-9,15,28H,10,12H2,1-3H3. The molecule has 0 radical (unpaired) electrons. The van der Waals surface area contributed by atoms with Crippen LogP contribution >= 0.6 is 0 Å². The molecule has 1 aliphatic heterocycles. The zero-order chi connectivity index (χ0) is 23.8. The zero-order valence-electron chi connectivity index (χ0n) is 18.9. The lowest BCUT2D eigenvalue weighted by Crippen LogP contribution is -2.34. The van der Waals surface area contributed by atoms with Crippen molar-refractivity contribution < 1.29 is 23.8 Å². The van der Waals surface area contributed by atoms with Gasteiger partial charge in [0.05, 0.1) is 38.5 Å². The van der Waals surface area contributed by atoms with Crippen molar-refractivity contribution in [2.24, 2.45) is 5.92 Å². The number of hydrogen-bond acceptors (Lipinski definition) is 6. The SMILES string of the molecule is COc1cc2cc(C(=O)N3CC4CC45C3=CC(=O)c3ccc(C#N)cc35)[nH]c2c(OC)c1OC. The predicted octanol–water partition coefficient (Wildman–Crippen LogP) is 3.56. The number of carbonyl (C=O) groups is 2. The fourth-order valence-electron chi connectivity index (χ4n) is 5.69. The van der Waals surface area contributed by atoms with Gasteiger partial charge in [0.2, 0.25) is 5.75 Å². The van der Waals surface area contributed by atoms with E-state index in [1.54, 1.807) is 48.4 Å². The molecule has 1 spiro atoms. The third-order valence-corrected chi connectivity index (χ3v) is 7.31. The number of allylic oxidation sites excluding steroid dienone is 2. The smallest absolute Gasteiger partial charge is 0.274 e. The van der Waals surface area contributed by atoms with Gasteiger partial charge in [-0.1, -0.05) is 0 Å². The molecule has 170 valence electrons. The molecule has 1 amide bonds. The first-order valence-corrected chi connectivity index (χ1v) is 10.9. The van der Waals surface area contributed by atoms with Gasteiger partial charge in [0.1, 0.15) is 5.69 Å². The number of methoxy groups -OCH3 is 3. The van der Waals surface area contributed by atoms with Crippen LogP contribution in [0.5, 0.6) is 17.2 Å². The second-order valence-electron chi connectivity index (χ2n) is 8.85. The van der Waals surface area contributed by atoms with Gasteiger partial charge >= 0.3 is 0 Å². The van der Waals surface area contributed by atoms with E-state index in [2.05, 4.69) is 11.1 Å². The summed E-state index contributed by atoms with van der Waals surface area (Å²) in [4.78, 5) is 31.5. The number of nitriles is 1. The Kier molecular flexibility index (Phi) is 4.12. The molecule has 34 heavy (non-hydrogen) atoms. The van der Waals surface area contributed by atoms with Crippen molar-refractivity contribution in [3.05, 3.63) is 64.5 Å². The summed E-state index contributed by atoms with van der Waals surface area (Å²) in [6.07, 6.45) is 2.46. The quantitative estimate of drug-likeness (QED) is 0.645. The van der Waals surface area contributed by atoms with Gasteiger partial charge < -0.3 is 24.1 Å². The van der Waals surface area contributed by atoms with Gasteiger partial charge in [0.15, 0.2) is 17.3 Å². The highest BCUT2D eigenvalue weighted by atomic mass is 16.5. The Labute approximate surface area is 195 Å². The Bertz CT molecular complexity index is 1490. The van der Waals surface area contributed by atoms with Gasteiger partial charge in [-0.2, -0.15) is 5.26 Å². The number of amides is 1. The van der Waals surface area contributed by atoms with Crippen molar-refractivity contribution in [2.45, 2.75) is 11.8 Å². The lowest BCUT2D eigenvalue weighted by atomic mass is 9.80. The highest BCUT2D eigenvalue weighted by Gasteiger charge is 2.67. The number of fused-ring (bicyclic) bond motifs is 2. The number of ketones is 1. The van der Waals surface area contributed by atoms with Crippen molar-refractivity contribution in [2.75, 3.05) is 27.9 Å². The summed E-state index contributed by atoms with van der Waals surface area (Å²) in [6, 6.07) is 10.9. The molecule has 2 unspecified atom stereocenters. The molecule has 6 rings (SSSR count). The molecule has 0 bridgehead atoms. The van der Waals surface area contributed by atoms with E-state index in [0.717, 1.165) is 23.1 Å². The second kappa shape index (κ2) is 6.87. The largest absolute Gasteiger partial charge is 0.493 e. The number of nitrogens with one attached hydrogen (secondary N) is 1. The third kappa shape index (κ3) is 2.47. The summed E-state index contributed by atoms with van der Waals surface area (Å²) < 4.78 is 16.4. The van der Waals surface area contributed by atoms with Crippen LogP contribution in [0.2, 0.25) is 0 Å². The molecule has 8 heteroatoms. The summed E-state index contributed by atoms with van der Waals surface area (Å²) in [5, 5.41) is 10.1. The van der Waals surface area contributed by atoms with Gasteiger partial charge in [-0.15, -0.1) is 0 Å². The Hall–Kier alpha value is -4.25. The second-order valence-corrected chi connectivity index (χ2v) is 8.85. The van der Waals surface area contributed by atoms with Crippen molar-refractivity contribution in [1.29, 1.82) is 5.26 Å². The minimum absolute atomic E-state index is 0.141. The summed E-state index contributed by atoms with van der Waals surface area (Å²) >= 11 is 0. The Morgan fingerprint density at radius 1 is 1.15 bits per heavy atom.